The number of hydrogen-bond acceptors (Lipinski definition) is 5. The molecule has 1 heterocycles. The zero-order chi connectivity index (χ0) is 19.6. The van der Waals surface area contributed by atoms with Gasteiger partial charge < -0.3 is 4.74 Å². The lowest BCUT2D eigenvalue weighted by molar-refractivity contribution is -0.117. The summed E-state index contributed by atoms with van der Waals surface area (Å²) in [6, 6.07) is 10.6. The van der Waals surface area contributed by atoms with Crippen molar-refractivity contribution in [2.75, 3.05) is 0 Å². The van der Waals surface area contributed by atoms with Crippen molar-refractivity contribution in [3.8, 4) is 5.75 Å². The minimum atomic E-state index is -3.71. The number of nitrogens with one attached hydrogen (secondary N) is 1. The molecule has 0 aliphatic heterocycles. The number of amides is 1. The molecule has 142 valence electrons. The Labute approximate surface area is 170 Å². The minimum Gasteiger partial charge on any atom is -0.489 e. The minimum absolute atomic E-state index is 0.257. The summed E-state index contributed by atoms with van der Waals surface area (Å²) in [5, 5.41) is 3.67. The van der Waals surface area contributed by atoms with Crippen LogP contribution in [0.15, 0.2) is 41.8 Å². The van der Waals surface area contributed by atoms with Gasteiger partial charge in [-0.2, -0.15) is 0 Å². The second-order valence-electron chi connectivity index (χ2n) is 5.86. The predicted octanol–water partition coefficient (Wildman–Crippen LogP) is 4.75. The van der Waals surface area contributed by atoms with Crippen molar-refractivity contribution >= 4 is 60.6 Å². The third-order valence-corrected chi connectivity index (χ3v) is 6.55. The fourth-order valence-electron chi connectivity index (χ4n) is 2.52. The van der Waals surface area contributed by atoms with Crippen LogP contribution in [0.5, 0.6) is 5.75 Å². The van der Waals surface area contributed by atoms with Crippen molar-refractivity contribution in [1.82, 2.24) is 4.72 Å². The Morgan fingerprint density at radius 3 is 2.63 bits per heavy atom. The first kappa shape index (κ1) is 19.9. The number of rotatable bonds is 6. The Morgan fingerprint density at radius 2 is 1.93 bits per heavy atom. The van der Waals surface area contributed by atoms with Gasteiger partial charge in [0.05, 0.1) is 5.75 Å². The van der Waals surface area contributed by atoms with E-state index in [9.17, 15) is 13.2 Å². The summed E-state index contributed by atoms with van der Waals surface area (Å²) < 4.78 is 32.6. The van der Waals surface area contributed by atoms with E-state index in [0.29, 0.717) is 21.4 Å². The van der Waals surface area contributed by atoms with Crippen LogP contribution in [0.25, 0.3) is 10.1 Å². The molecule has 1 amide bonds. The normalized spacial score (nSPS) is 11.5. The van der Waals surface area contributed by atoms with Gasteiger partial charge in [0.25, 0.3) is 0 Å². The van der Waals surface area contributed by atoms with Crippen LogP contribution in [0.1, 0.15) is 18.1 Å². The molecule has 1 N–H and O–H groups in total. The molecule has 27 heavy (non-hydrogen) atoms. The summed E-state index contributed by atoms with van der Waals surface area (Å²) in [4.78, 5) is 11.0. The van der Waals surface area contributed by atoms with Gasteiger partial charge in [-0.15, -0.1) is 11.3 Å². The predicted molar refractivity (Wildman–Crippen MR) is 109 cm³/mol. The maximum absolute atomic E-state index is 12.0. The van der Waals surface area contributed by atoms with Crippen LogP contribution in [0.2, 0.25) is 10.0 Å². The molecular formula is C18H15Cl2NO4S2. The Hall–Kier alpha value is -1.80. The third-order valence-electron chi connectivity index (χ3n) is 3.68. The average Bonchev–Trinajstić information content (AvgIpc) is 2.94. The Balaban J connectivity index is 1.76. The SMILES string of the molecule is CC(=O)NS(=O)(=O)Cc1csc2cc(OCc3ccc(Cl)cc3Cl)ccc12. The molecule has 5 nitrogen and oxygen atoms in total. The highest BCUT2D eigenvalue weighted by Crippen LogP contribution is 2.31. The second kappa shape index (κ2) is 8.06. The number of fused-ring (bicyclic) bond motifs is 1. The first-order chi connectivity index (χ1) is 12.7. The van der Waals surface area contributed by atoms with E-state index in [4.69, 9.17) is 27.9 Å². The van der Waals surface area contributed by atoms with Crippen molar-refractivity contribution in [2.45, 2.75) is 19.3 Å². The van der Waals surface area contributed by atoms with Gasteiger partial charge in [0.1, 0.15) is 12.4 Å². The van der Waals surface area contributed by atoms with Crippen LogP contribution in [0.4, 0.5) is 0 Å². The molecule has 0 unspecified atom stereocenters. The van der Waals surface area contributed by atoms with Crippen LogP contribution >= 0.6 is 34.5 Å². The van der Waals surface area contributed by atoms with E-state index in [1.807, 2.05) is 16.9 Å². The van der Waals surface area contributed by atoms with Gasteiger partial charge in [-0.25, -0.2) is 8.42 Å². The first-order valence-corrected chi connectivity index (χ1v) is 11.1. The fraction of sp³-hybridized carbons (Fsp3) is 0.167. The van der Waals surface area contributed by atoms with Crippen LogP contribution in [0, 0.1) is 0 Å². The number of ether oxygens (including phenoxy) is 1. The highest BCUT2D eigenvalue weighted by atomic mass is 35.5. The molecule has 0 bridgehead atoms. The van der Waals surface area contributed by atoms with Gasteiger partial charge in [0.15, 0.2) is 0 Å². The fourth-order valence-corrected chi connectivity index (χ4v) is 5.24. The highest BCUT2D eigenvalue weighted by Gasteiger charge is 2.16. The number of carbonyl (C=O) groups excluding carboxylic acids is 1. The molecule has 0 atom stereocenters. The summed E-state index contributed by atoms with van der Waals surface area (Å²) in [6.07, 6.45) is 0. The topological polar surface area (TPSA) is 72.5 Å². The molecule has 2 aromatic carbocycles. The van der Waals surface area contributed by atoms with Crippen molar-refractivity contribution in [3.05, 3.63) is 63.0 Å². The van der Waals surface area contributed by atoms with Gasteiger partial charge in [-0.1, -0.05) is 29.3 Å². The molecule has 3 rings (SSSR count). The molecule has 0 radical (unpaired) electrons. The van der Waals surface area contributed by atoms with Crippen LogP contribution < -0.4 is 9.46 Å². The van der Waals surface area contributed by atoms with E-state index < -0.39 is 15.9 Å². The third kappa shape index (κ3) is 5.13. The standard InChI is InChI=1S/C18H15Cl2NO4S2/c1-11(22)21-27(23,24)10-13-9-26-18-7-15(4-5-16(13)18)25-8-12-2-3-14(19)6-17(12)20/h2-7,9H,8,10H2,1H3,(H,21,22). The van der Waals surface area contributed by atoms with Gasteiger partial charge in [0.2, 0.25) is 15.9 Å². The van der Waals surface area contributed by atoms with Gasteiger partial charge in [0, 0.05) is 27.2 Å². The quantitative estimate of drug-likeness (QED) is 0.596. The molecule has 0 fully saturated rings. The van der Waals surface area contributed by atoms with E-state index in [1.165, 1.54) is 18.3 Å². The van der Waals surface area contributed by atoms with Gasteiger partial charge in [-0.05, 0) is 46.7 Å². The van der Waals surface area contributed by atoms with Crippen LogP contribution in [0.3, 0.4) is 0 Å². The van der Waals surface area contributed by atoms with Crippen molar-refractivity contribution in [1.29, 1.82) is 0 Å². The zero-order valence-corrected chi connectivity index (χ0v) is 17.3. The van der Waals surface area contributed by atoms with Crippen LogP contribution in [-0.2, 0) is 27.2 Å². The van der Waals surface area contributed by atoms with Crippen molar-refractivity contribution in [2.24, 2.45) is 0 Å². The molecule has 0 aliphatic rings. The summed E-state index contributed by atoms with van der Waals surface area (Å²) in [5.74, 6) is -0.217. The number of halogens is 2. The lowest BCUT2D eigenvalue weighted by Crippen LogP contribution is -2.29. The highest BCUT2D eigenvalue weighted by molar-refractivity contribution is 7.89. The molecule has 9 heteroatoms. The summed E-state index contributed by atoms with van der Waals surface area (Å²) >= 11 is 13.4. The molecule has 0 saturated carbocycles. The second-order valence-corrected chi connectivity index (χ2v) is 9.34. The summed E-state index contributed by atoms with van der Waals surface area (Å²) in [7, 11) is -3.71. The monoisotopic (exact) mass is 443 g/mol. The summed E-state index contributed by atoms with van der Waals surface area (Å²) in [6.45, 7) is 1.45. The molecular weight excluding hydrogens is 429 g/mol. The lowest BCUT2D eigenvalue weighted by Gasteiger charge is -2.09. The zero-order valence-electron chi connectivity index (χ0n) is 14.2. The van der Waals surface area contributed by atoms with E-state index in [-0.39, 0.29) is 12.4 Å². The molecule has 0 aliphatic carbocycles. The van der Waals surface area contributed by atoms with E-state index >= 15 is 0 Å². The molecule has 3 aromatic rings. The molecule has 0 spiro atoms. The Kier molecular flexibility index (Phi) is 5.95. The van der Waals surface area contributed by atoms with Crippen LogP contribution in [-0.4, -0.2) is 14.3 Å². The van der Waals surface area contributed by atoms with E-state index in [0.717, 1.165) is 15.6 Å². The Morgan fingerprint density at radius 1 is 1.15 bits per heavy atom. The van der Waals surface area contributed by atoms with Gasteiger partial charge in [-0.3, -0.25) is 9.52 Å². The maximum Gasteiger partial charge on any atom is 0.239 e. The maximum atomic E-state index is 12.0. The number of carbonyl (C=O) groups is 1. The smallest absolute Gasteiger partial charge is 0.239 e. The average molecular weight is 444 g/mol. The molecule has 1 aromatic heterocycles. The number of thiophene rings is 1. The number of sulfonamides is 1. The van der Waals surface area contributed by atoms with Crippen molar-refractivity contribution in [3.63, 3.8) is 0 Å². The molecule has 0 saturated heterocycles. The lowest BCUT2D eigenvalue weighted by atomic mass is 10.2. The Bertz CT molecular complexity index is 1110. The number of benzene rings is 2. The van der Waals surface area contributed by atoms with Gasteiger partial charge >= 0.3 is 0 Å². The first-order valence-electron chi connectivity index (χ1n) is 7.81. The van der Waals surface area contributed by atoms with E-state index in [2.05, 4.69) is 0 Å². The van der Waals surface area contributed by atoms with Crippen molar-refractivity contribution < 1.29 is 17.9 Å². The largest absolute Gasteiger partial charge is 0.489 e. The van der Waals surface area contributed by atoms with E-state index in [1.54, 1.807) is 29.6 Å². The number of hydrogen-bond donors (Lipinski definition) is 1. The summed E-state index contributed by atoms with van der Waals surface area (Å²) in [5.41, 5.74) is 1.45.